The van der Waals surface area contributed by atoms with Gasteiger partial charge >= 0.3 is 5.97 Å². The van der Waals surface area contributed by atoms with E-state index in [2.05, 4.69) is 10.3 Å². The van der Waals surface area contributed by atoms with E-state index in [0.29, 0.717) is 22.2 Å². The fraction of sp³-hybridized carbons (Fsp3) is 0.105. The summed E-state index contributed by atoms with van der Waals surface area (Å²) in [5, 5.41) is 17.2. The zero-order valence-corrected chi connectivity index (χ0v) is 14.3. The number of methoxy groups -OCH3 is 1. The minimum Gasteiger partial charge on any atom is -0.497 e. The summed E-state index contributed by atoms with van der Waals surface area (Å²) in [4.78, 5) is 24.5. The minimum absolute atomic E-state index is 0.207. The molecule has 27 heavy (non-hydrogen) atoms. The van der Waals surface area contributed by atoms with E-state index in [-0.39, 0.29) is 5.57 Å². The largest absolute Gasteiger partial charge is 0.497 e. The zero-order valence-electron chi connectivity index (χ0n) is 14.3. The second kappa shape index (κ2) is 7.93. The molecule has 8 nitrogen and oxygen atoms in total. The molecule has 0 aliphatic carbocycles. The molecule has 1 heterocycles. The number of nitriles is 1. The normalized spacial score (nSPS) is 11.0. The summed E-state index contributed by atoms with van der Waals surface area (Å²) in [5.41, 5.74) is 0.433. The summed E-state index contributed by atoms with van der Waals surface area (Å²) < 4.78 is 11.0. The number of hydrogen-bond donors (Lipinski definition) is 0. The van der Waals surface area contributed by atoms with Gasteiger partial charge in [0.05, 0.1) is 12.5 Å². The Morgan fingerprint density at radius 1 is 1.22 bits per heavy atom. The first-order valence-electron chi connectivity index (χ1n) is 7.88. The van der Waals surface area contributed by atoms with Crippen LogP contribution in [0, 0.1) is 11.3 Å². The topological polar surface area (TPSA) is 107 Å². The summed E-state index contributed by atoms with van der Waals surface area (Å²) in [7, 11) is 1.54. The number of esters is 1. The molecule has 0 atom stereocenters. The highest BCUT2D eigenvalue weighted by Gasteiger charge is 2.13. The molecule has 3 rings (SSSR count). The van der Waals surface area contributed by atoms with Crippen molar-refractivity contribution in [2.45, 2.75) is 6.73 Å². The van der Waals surface area contributed by atoms with Gasteiger partial charge in [0.15, 0.2) is 6.73 Å². The first-order chi connectivity index (χ1) is 13.1. The van der Waals surface area contributed by atoms with Crippen LogP contribution in [0.25, 0.3) is 17.0 Å². The van der Waals surface area contributed by atoms with Gasteiger partial charge in [0.2, 0.25) is 0 Å². The molecule has 0 radical (unpaired) electrons. The lowest BCUT2D eigenvalue weighted by atomic mass is 10.1. The average Bonchev–Trinajstić information content (AvgIpc) is 2.72. The van der Waals surface area contributed by atoms with Gasteiger partial charge in [-0.05, 0) is 35.9 Å². The molecule has 0 saturated carbocycles. The van der Waals surface area contributed by atoms with E-state index in [0.717, 1.165) is 4.68 Å². The molecule has 0 aliphatic heterocycles. The summed E-state index contributed by atoms with van der Waals surface area (Å²) in [6.07, 6.45) is 1.39. The number of carbonyl (C=O) groups is 1. The standard InChI is InChI=1S/C19H14N4O4/c1-26-15-8-6-13(7-9-15)10-14(11-20)19(25)27-12-23-18(24)16-4-2-3-5-17(16)21-22-23/h2-10H,12H2,1H3/b14-10+. The summed E-state index contributed by atoms with van der Waals surface area (Å²) >= 11 is 0. The first kappa shape index (κ1) is 17.8. The molecule has 8 heteroatoms. The molecule has 2 aromatic carbocycles. The molecule has 0 unspecified atom stereocenters. The second-order valence-corrected chi connectivity index (χ2v) is 5.42. The second-order valence-electron chi connectivity index (χ2n) is 5.42. The van der Waals surface area contributed by atoms with E-state index in [4.69, 9.17) is 9.47 Å². The number of benzene rings is 2. The van der Waals surface area contributed by atoms with Crippen molar-refractivity contribution in [3.63, 3.8) is 0 Å². The van der Waals surface area contributed by atoms with Crippen LogP contribution in [0.1, 0.15) is 5.56 Å². The Morgan fingerprint density at radius 3 is 2.67 bits per heavy atom. The molecular weight excluding hydrogens is 348 g/mol. The molecule has 1 aromatic heterocycles. The monoisotopic (exact) mass is 362 g/mol. The number of fused-ring (bicyclic) bond motifs is 1. The Hall–Kier alpha value is -3.99. The van der Waals surface area contributed by atoms with E-state index in [1.807, 2.05) is 0 Å². The Bertz CT molecular complexity index is 1110. The van der Waals surface area contributed by atoms with Gasteiger partial charge in [-0.3, -0.25) is 4.79 Å². The van der Waals surface area contributed by atoms with Gasteiger partial charge in [0.1, 0.15) is 22.9 Å². The lowest BCUT2D eigenvalue weighted by Crippen LogP contribution is -2.26. The smallest absolute Gasteiger partial charge is 0.350 e. The number of ether oxygens (including phenoxy) is 2. The Morgan fingerprint density at radius 2 is 1.96 bits per heavy atom. The van der Waals surface area contributed by atoms with Crippen molar-refractivity contribution in [1.82, 2.24) is 15.0 Å². The van der Waals surface area contributed by atoms with Crippen molar-refractivity contribution in [1.29, 1.82) is 5.26 Å². The number of aromatic nitrogens is 3. The lowest BCUT2D eigenvalue weighted by molar-refractivity contribution is -0.142. The zero-order chi connectivity index (χ0) is 19.2. The van der Waals surface area contributed by atoms with Gasteiger partial charge in [-0.2, -0.15) is 9.94 Å². The molecular formula is C19H14N4O4. The van der Waals surface area contributed by atoms with E-state index in [1.165, 1.54) is 6.08 Å². The van der Waals surface area contributed by atoms with Crippen LogP contribution >= 0.6 is 0 Å². The van der Waals surface area contributed by atoms with Gasteiger partial charge < -0.3 is 9.47 Å². The van der Waals surface area contributed by atoms with Crippen molar-refractivity contribution >= 4 is 22.9 Å². The maximum atomic E-state index is 12.3. The van der Waals surface area contributed by atoms with Crippen molar-refractivity contribution in [2.75, 3.05) is 7.11 Å². The van der Waals surface area contributed by atoms with Crippen LogP contribution in [0.2, 0.25) is 0 Å². The van der Waals surface area contributed by atoms with E-state index in [1.54, 1.807) is 61.7 Å². The predicted molar refractivity (Wildman–Crippen MR) is 96.5 cm³/mol. The van der Waals surface area contributed by atoms with Crippen LogP contribution in [-0.2, 0) is 16.3 Å². The van der Waals surface area contributed by atoms with Gasteiger partial charge in [-0.15, -0.1) is 5.10 Å². The maximum absolute atomic E-state index is 12.3. The highest BCUT2D eigenvalue weighted by molar-refractivity contribution is 5.97. The average molecular weight is 362 g/mol. The van der Waals surface area contributed by atoms with Crippen LogP contribution in [0.5, 0.6) is 5.75 Å². The lowest BCUT2D eigenvalue weighted by Gasteiger charge is -2.06. The molecule has 0 aliphatic rings. The van der Waals surface area contributed by atoms with Crippen LogP contribution in [0.4, 0.5) is 0 Å². The summed E-state index contributed by atoms with van der Waals surface area (Å²) in [6, 6.07) is 15.3. The third-order valence-corrected chi connectivity index (χ3v) is 3.71. The van der Waals surface area contributed by atoms with Gasteiger partial charge in [0, 0.05) is 0 Å². The first-order valence-corrected chi connectivity index (χ1v) is 7.88. The quantitative estimate of drug-likeness (QED) is 0.387. The fourth-order valence-electron chi connectivity index (χ4n) is 2.31. The van der Waals surface area contributed by atoms with Crippen molar-refractivity contribution in [3.8, 4) is 11.8 Å². The van der Waals surface area contributed by atoms with Crippen LogP contribution < -0.4 is 10.3 Å². The highest BCUT2D eigenvalue weighted by Crippen LogP contribution is 2.14. The number of rotatable bonds is 5. The molecule has 134 valence electrons. The number of nitrogens with zero attached hydrogens (tertiary/aromatic N) is 4. The van der Waals surface area contributed by atoms with E-state index >= 15 is 0 Å². The van der Waals surface area contributed by atoms with Crippen LogP contribution in [0.15, 0.2) is 58.9 Å². The Kier molecular flexibility index (Phi) is 5.23. The molecule has 0 bridgehead atoms. The van der Waals surface area contributed by atoms with Crippen LogP contribution in [0.3, 0.4) is 0 Å². The minimum atomic E-state index is -0.866. The molecule has 0 saturated heterocycles. The van der Waals surface area contributed by atoms with Gasteiger partial charge in [-0.25, -0.2) is 4.79 Å². The van der Waals surface area contributed by atoms with E-state index in [9.17, 15) is 14.9 Å². The number of carbonyl (C=O) groups excluding carboxylic acids is 1. The molecule has 0 spiro atoms. The highest BCUT2D eigenvalue weighted by atomic mass is 16.5. The van der Waals surface area contributed by atoms with Crippen LogP contribution in [-0.4, -0.2) is 28.1 Å². The molecule has 0 fully saturated rings. The third-order valence-electron chi connectivity index (χ3n) is 3.71. The SMILES string of the molecule is COc1ccc(/C=C(\C#N)C(=O)OCn2nnc3ccccc3c2=O)cc1. The summed E-state index contributed by atoms with van der Waals surface area (Å²) in [6.45, 7) is -0.447. The Labute approximate surface area is 153 Å². The Balaban J connectivity index is 1.76. The fourth-order valence-corrected chi connectivity index (χ4v) is 2.31. The number of hydrogen-bond acceptors (Lipinski definition) is 7. The predicted octanol–water partition coefficient (Wildman–Crippen LogP) is 1.91. The van der Waals surface area contributed by atoms with Crippen molar-refractivity contribution in [2.24, 2.45) is 0 Å². The third kappa shape index (κ3) is 3.99. The van der Waals surface area contributed by atoms with E-state index < -0.39 is 18.3 Å². The molecule has 0 N–H and O–H groups in total. The van der Waals surface area contributed by atoms with Gasteiger partial charge in [-0.1, -0.05) is 29.5 Å². The molecule has 3 aromatic rings. The van der Waals surface area contributed by atoms with Crippen molar-refractivity contribution in [3.05, 3.63) is 70.0 Å². The maximum Gasteiger partial charge on any atom is 0.350 e. The van der Waals surface area contributed by atoms with Crippen molar-refractivity contribution < 1.29 is 14.3 Å². The molecule has 0 amide bonds. The summed E-state index contributed by atoms with van der Waals surface area (Å²) in [5.74, 6) is -0.210. The van der Waals surface area contributed by atoms with Gasteiger partial charge in [0.25, 0.3) is 5.56 Å².